The number of hydrogen-bond acceptors (Lipinski definition) is 7. The van der Waals surface area contributed by atoms with Crippen LogP contribution in [0.1, 0.15) is 0 Å². The van der Waals surface area contributed by atoms with Crippen LogP contribution in [-0.4, -0.2) is 30.1 Å². The number of benzene rings is 1. The van der Waals surface area contributed by atoms with Crippen molar-refractivity contribution in [2.75, 3.05) is 5.73 Å². The minimum atomic E-state index is -0.362. The van der Waals surface area contributed by atoms with E-state index in [9.17, 15) is 9.90 Å². The zero-order valence-corrected chi connectivity index (χ0v) is 13.5. The highest BCUT2D eigenvalue weighted by molar-refractivity contribution is 5.99. The van der Waals surface area contributed by atoms with Crippen molar-refractivity contribution < 1.29 is 9.52 Å². The molecule has 2 aromatic heterocycles. The van der Waals surface area contributed by atoms with Crippen LogP contribution in [0.2, 0.25) is 0 Å². The predicted octanol–water partition coefficient (Wildman–Crippen LogP) is 1.86. The molecule has 0 aliphatic carbocycles. The lowest BCUT2D eigenvalue weighted by Gasteiger charge is -2.11. The molecule has 0 unspecified atom stereocenters. The molecular weight excluding hydrogens is 336 g/mol. The van der Waals surface area contributed by atoms with Gasteiger partial charge in [-0.15, -0.1) is 15.3 Å². The van der Waals surface area contributed by atoms with Gasteiger partial charge in [-0.25, -0.2) is 0 Å². The number of hydrogen-bond donors (Lipinski definition) is 3. The van der Waals surface area contributed by atoms with Gasteiger partial charge >= 0.3 is 0 Å². The second-order valence-electron chi connectivity index (χ2n) is 5.97. The Hall–Kier alpha value is -3.88. The van der Waals surface area contributed by atoms with Gasteiger partial charge in [-0.3, -0.25) is 9.89 Å². The van der Waals surface area contributed by atoms with Crippen LogP contribution in [0.3, 0.4) is 0 Å². The fourth-order valence-electron chi connectivity index (χ4n) is 3.20. The van der Waals surface area contributed by atoms with Crippen LogP contribution >= 0.6 is 0 Å². The topological polar surface area (TPSA) is 136 Å². The smallest absolute Gasteiger partial charge is 0.264 e. The monoisotopic (exact) mass is 348 g/mol. The fourth-order valence-corrected chi connectivity index (χ4v) is 3.20. The van der Waals surface area contributed by atoms with E-state index >= 15 is 0 Å². The van der Waals surface area contributed by atoms with Crippen LogP contribution in [0, 0.1) is 0 Å². The van der Waals surface area contributed by atoms with Gasteiger partial charge in [0.15, 0.2) is 5.82 Å². The molecule has 128 valence electrons. The zero-order valence-electron chi connectivity index (χ0n) is 13.5. The van der Waals surface area contributed by atoms with Gasteiger partial charge in [-0.1, -0.05) is 12.1 Å². The van der Waals surface area contributed by atoms with E-state index in [2.05, 4.69) is 20.4 Å². The predicted molar refractivity (Wildman–Crippen MR) is 94.8 cm³/mol. The normalized spacial score (nSPS) is 11.7. The molecule has 0 atom stereocenters. The fraction of sp³-hybridized carbons (Fsp3) is 0.0588. The molecule has 2 aliphatic rings. The molecule has 0 radical (unpaired) electrons. The summed E-state index contributed by atoms with van der Waals surface area (Å²) in [6.45, 7) is 0. The Bertz CT molecular complexity index is 1350. The Kier molecular flexibility index (Phi) is 2.68. The Balaban J connectivity index is 1.92. The first-order valence-corrected chi connectivity index (χ1v) is 7.77. The van der Waals surface area contributed by atoms with Crippen molar-refractivity contribution in [3.63, 3.8) is 0 Å². The highest BCUT2D eigenvalue weighted by Gasteiger charge is 2.23. The molecule has 4 N–H and O–H groups in total. The molecule has 1 aromatic carbocycles. The van der Waals surface area contributed by atoms with Crippen molar-refractivity contribution in [3.05, 3.63) is 40.7 Å². The molecule has 0 spiro atoms. The molecule has 5 rings (SSSR count). The Morgan fingerprint density at radius 1 is 1.23 bits per heavy atom. The largest absolute Gasteiger partial charge is 0.506 e. The first-order valence-electron chi connectivity index (χ1n) is 7.77. The average molecular weight is 348 g/mol. The number of para-hydroxylation sites is 1. The number of aryl methyl sites for hydroxylation is 1. The van der Waals surface area contributed by atoms with E-state index in [1.807, 2.05) is 0 Å². The number of pyridine rings is 1. The number of rotatable bonds is 1. The number of H-pyrrole nitrogens is 1. The van der Waals surface area contributed by atoms with E-state index in [1.165, 1.54) is 4.57 Å². The lowest BCUT2D eigenvalue weighted by Crippen LogP contribution is -2.19. The van der Waals surface area contributed by atoms with Gasteiger partial charge in [0.05, 0.1) is 22.2 Å². The second kappa shape index (κ2) is 4.82. The van der Waals surface area contributed by atoms with E-state index < -0.39 is 0 Å². The maximum absolute atomic E-state index is 12.9. The molecule has 0 fully saturated rings. The highest BCUT2D eigenvalue weighted by atomic mass is 16.4. The zero-order chi connectivity index (χ0) is 18.0. The van der Waals surface area contributed by atoms with E-state index in [0.717, 1.165) is 0 Å². The van der Waals surface area contributed by atoms with Gasteiger partial charge in [0.25, 0.3) is 11.4 Å². The van der Waals surface area contributed by atoms with Gasteiger partial charge in [-0.2, -0.15) is 0 Å². The molecule has 0 saturated carbocycles. The van der Waals surface area contributed by atoms with Crippen LogP contribution < -0.4 is 11.3 Å². The quantitative estimate of drug-likeness (QED) is 0.420. The summed E-state index contributed by atoms with van der Waals surface area (Å²) in [6.07, 6.45) is 0. The van der Waals surface area contributed by atoms with Crippen molar-refractivity contribution in [2.45, 2.75) is 0 Å². The number of fused-ring (bicyclic) bond motifs is 3. The third-order valence-electron chi connectivity index (χ3n) is 4.53. The summed E-state index contributed by atoms with van der Waals surface area (Å²) in [5, 5.41) is 26.3. The number of aromatic hydroxyl groups is 1. The van der Waals surface area contributed by atoms with Gasteiger partial charge < -0.3 is 19.8 Å². The maximum atomic E-state index is 12.9. The number of aromatic nitrogens is 5. The standard InChI is InChI=1S/C17H12N6O3/c1-23-10-5-3-2-4-7(10)13(24)11(17(23)25)12-8-6-9-14(18)20-22-16(9)26-15(8)21-19-12/h2-6,24H,1H3,(H2,18,20)(H,19,21). The summed E-state index contributed by atoms with van der Waals surface area (Å²) < 4.78 is 7.06. The third kappa shape index (κ3) is 1.73. The van der Waals surface area contributed by atoms with E-state index in [4.69, 9.17) is 10.2 Å². The number of nitrogens with one attached hydrogen (secondary N) is 1. The summed E-state index contributed by atoms with van der Waals surface area (Å²) >= 11 is 0. The molecule has 0 amide bonds. The van der Waals surface area contributed by atoms with Crippen LogP contribution in [-0.2, 0) is 7.05 Å². The molecule has 0 bridgehead atoms. The lowest BCUT2D eigenvalue weighted by atomic mass is 10.0. The molecule has 9 nitrogen and oxygen atoms in total. The third-order valence-corrected chi connectivity index (χ3v) is 4.53. The summed E-state index contributed by atoms with van der Waals surface area (Å²) in [7, 11) is 1.65. The molecule has 4 heterocycles. The maximum Gasteiger partial charge on any atom is 0.264 e. The van der Waals surface area contributed by atoms with E-state index in [-0.39, 0.29) is 34.3 Å². The molecule has 3 aromatic rings. The van der Waals surface area contributed by atoms with Crippen LogP contribution in [0.25, 0.3) is 44.7 Å². The first-order chi connectivity index (χ1) is 12.6. The number of aromatic amines is 1. The second-order valence-corrected chi connectivity index (χ2v) is 5.97. The minimum Gasteiger partial charge on any atom is -0.506 e. The molecule has 9 heteroatoms. The lowest BCUT2D eigenvalue weighted by molar-refractivity contribution is 0.481. The average Bonchev–Trinajstić information content (AvgIpc) is 3.22. The van der Waals surface area contributed by atoms with Crippen molar-refractivity contribution in [3.8, 4) is 28.5 Å². The highest BCUT2D eigenvalue weighted by Crippen LogP contribution is 2.38. The van der Waals surface area contributed by atoms with E-state index in [0.29, 0.717) is 27.5 Å². The molecular formula is C17H12N6O3. The van der Waals surface area contributed by atoms with E-state index in [1.54, 1.807) is 37.4 Å². The minimum absolute atomic E-state index is 0.106. The Morgan fingerprint density at radius 2 is 2.04 bits per heavy atom. The summed E-state index contributed by atoms with van der Waals surface area (Å²) in [6, 6.07) is 8.81. The number of nitrogen functional groups attached to an aromatic ring is 1. The van der Waals surface area contributed by atoms with Crippen molar-refractivity contribution >= 4 is 27.8 Å². The Labute approximate surface area is 145 Å². The molecule has 2 aliphatic heterocycles. The van der Waals surface area contributed by atoms with Crippen molar-refractivity contribution in [1.29, 1.82) is 0 Å². The van der Waals surface area contributed by atoms with Crippen LogP contribution in [0.15, 0.2) is 39.5 Å². The number of nitrogens with zero attached hydrogens (tertiary/aromatic N) is 4. The van der Waals surface area contributed by atoms with Crippen molar-refractivity contribution in [2.24, 2.45) is 7.05 Å². The SMILES string of the molecule is Cn1c(=O)c(-c2[nH]nc3oc4nnc(N)c-4cc23)c(O)c2ccccc21. The first kappa shape index (κ1) is 14.5. The summed E-state index contributed by atoms with van der Waals surface area (Å²) in [5.74, 6) is 0.346. The molecule has 0 saturated heterocycles. The van der Waals surface area contributed by atoms with Gasteiger partial charge in [0.2, 0.25) is 5.71 Å². The number of anilines is 1. The van der Waals surface area contributed by atoms with Gasteiger partial charge in [-0.05, 0) is 18.2 Å². The summed E-state index contributed by atoms with van der Waals surface area (Å²) in [5.41, 5.74) is 7.27. The van der Waals surface area contributed by atoms with Crippen molar-refractivity contribution in [1.82, 2.24) is 25.0 Å². The number of nitrogens with two attached hydrogens (primary N) is 1. The van der Waals surface area contributed by atoms with Crippen LogP contribution in [0.5, 0.6) is 5.75 Å². The summed E-state index contributed by atoms with van der Waals surface area (Å²) in [4.78, 5) is 12.9. The van der Waals surface area contributed by atoms with Gasteiger partial charge in [0, 0.05) is 12.4 Å². The molecule has 26 heavy (non-hydrogen) atoms. The van der Waals surface area contributed by atoms with Gasteiger partial charge in [0.1, 0.15) is 11.3 Å². The Morgan fingerprint density at radius 3 is 2.88 bits per heavy atom. The van der Waals surface area contributed by atoms with Crippen LogP contribution in [0.4, 0.5) is 5.82 Å².